The summed E-state index contributed by atoms with van der Waals surface area (Å²) in [5.41, 5.74) is 0. The van der Waals surface area contributed by atoms with Gasteiger partial charge in [0.05, 0.1) is 12.0 Å². The Morgan fingerprint density at radius 2 is 1.06 bits per heavy atom. The molecule has 0 heterocycles. The number of unbranched alkanes of at least 4 members (excludes halogenated alkanes) is 3. The first-order chi connectivity index (χ1) is 7.91. The summed E-state index contributed by atoms with van der Waals surface area (Å²) in [6.45, 7) is 7.16. The predicted molar refractivity (Wildman–Crippen MR) is 69.0 cm³/mol. The van der Waals surface area contributed by atoms with E-state index in [2.05, 4.69) is 32.0 Å². The zero-order valence-corrected chi connectivity index (χ0v) is 10.4. The molecule has 0 aliphatic carbocycles. The summed E-state index contributed by atoms with van der Waals surface area (Å²) < 4.78 is 0. The van der Waals surface area contributed by atoms with Gasteiger partial charge in [-0.1, -0.05) is 12.8 Å². The van der Waals surface area contributed by atoms with Crippen molar-refractivity contribution in [1.82, 2.24) is 0 Å². The Labute approximate surface area is 98.3 Å². The van der Waals surface area contributed by atoms with Crippen molar-refractivity contribution in [2.75, 3.05) is 26.2 Å². The molecule has 0 aliphatic rings. The van der Waals surface area contributed by atoms with Gasteiger partial charge in [-0.25, -0.2) is 20.0 Å². The Hall–Kier alpha value is -1.24. The average molecular weight is 222 g/mol. The second-order valence-corrected chi connectivity index (χ2v) is 3.33. The summed E-state index contributed by atoms with van der Waals surface area (Å²) >= 11 is 0. The molecule has 0 aliphatic heterocycles. The van der Waals surface area contributed by atoms with Gasteiger partial charge in [0, 0.05) is 26.2 Å². The molecule has 0 radical (unpaired) electrons. The maximum atomic E-state index is 4.05. The van der Waals surface area contributed by atoms with Crippen LogP contribution in [0.15, 0.2) is 20.0 Å². The number of rotatable bonds is 9. The number of nitrogens with zero attached hydrogens (tertiary/aromatic N) is 4. The summed E-state index contributed by atoms with van der Waals surface area (Å²) in [4.78, 5) is 15.9. The van der Waals surface area contributed by atoms with Gasteiger partial charge in [-0.2, -0.15) is 0 Å². The Morgan fingerprint density at radius 1 is 0.625 bits per heavy atom. The Bertz CT molecular complexity index is 230. The molecule has 0 bridgehead atoms. The fraction of sp³-hybridized carbons (Fsp3) is 0.833. The largest absolute Gasteiger partial charge is 0.226 e. The molecule has 16 heavy (non-hydrogen) atoms. The third-order valence-electron chi connectivity index (χ3n) is 1.89. The van der Waals surface area contributed by atoms with Crippen molar-refractivity contribution < 1.29 is 0 Å². The van der Waals surface area contributed by atoms with E-state index < -0.39 is 0 Å². The minimum Gasteiger partial charge on any atom is -0.226 e. The first-order valence-electron chi connectivity index (χ1n) is 6.07. The van der Waals surface area contributed by atoms with Gasteiger partial charge in [-0.3, -0.25) is 0 Å². The van der Waals surface area contributed by atoms with Gasteiger partial charge in [-0.05, 0) is 26.7 Å². The van der Waals surface area contributed by atoms with Gasteiger partial charge < -0.3 is 0 Å². The summed E-state index contributed by atoms with van der Waals surface area (Å²) in [7, 11) is 0. The molecule has 4 nitrogen and oxygen atoms in total. The topological polar surface area (TPSA) is 49.4 Å². The summed E-state index contributed by atoms with van der Waals surface area (Å²) in [5.74, 6) is 0. The lowest BCUT2D eigenvalue weighted by atomic mass is 10.2. The van der Waals surface area contributed by atoms with E-state index in [1.54, 1.807) is 0 Å². The van der Waals surface area contributed by atoms with Crippen molar-refractivity contribution in [2.24, 2.45) is 20.0 Å². The molecule has 0 aromatic heterocycles. The first kappa shape index (κ1) is 14.8. The monoisotopic (exact) mass is 222 g/mol. The van der Waals surface area contributed by atoms with Gasteiger partial charge in [-0.15, -0.1) is 0 Å². The lowest BCUT2D eigenvalue weighted by molar-refractivity contribution is 0.655. The molecule has 0 saturated heterocycles. The molecule has 0 spiro atoms. The lowest BCUT2D eigenvalue weighted by Gasteiger charge is -1.94. The van der Waals surface area contributed by atoms with Crippen LogP contribution in [0.1, 0.15) is 39.5 Å². The van der Waals surface area contributed by atoms with Crippen molar-refractivity contribution in [3.63, 3.8) is 0 Å². The molecule has 0 unspecified atom stereocenters. The maximum absolute atomic E-state index is 4.05. The van der Waals surface area contributed by atoms with Crippen LogP contribution in [0.5, 0.6) is 0 Å². The summed E-state index contributed by atoms with van der Waals surface area (Å²) in [6, 6.07) is 5.34. The van der Waals surface area contributed by atoms with E-state index in [1.807, 2.05) is 13.8 Å². The molecular formula is C12H22N4. The molecule has 0 aromatic carbocycles. The molecule has 0 amide bonds. The van der Waals surface area contributed by atoms with Crippen LogP contribution in [-0.4, -0.2) is 38.2 Å². The highest BCUT2D eigenvalue weighted by atomic mass is 14.8. The first-order valence-corrected chi connectivity index (χ1v) is 6.07. The van der Waals surface area contributed by atoms with Crippen molar-refractivity contribution in [1.29, 1.82) is 0 Å². The van der Waals surface area contributed by atoms with Crippen LogP contribution in [0, 0.1) is 0 Å². The zero-order valence-electron chi connectivity index (χ0n) is 10.4. The minimum absolute atomic E-state index is 0.765. The average Bonchev–Trinajstić information content (AvgIpc) is 2.31. The minimum atomic E-state index is 0.765. The van der Waals surface area contributed by atoms with Crippen LogP contribution in [0.25, 0.3) is 0 Å². The number of hydrogen-bond donors (Lipinski definition) is 0. The molecule has 90 valence electrons. The molecular weight excluding hydrogens is 200 g/mol. The molecule has 0 rings (SSSR count). The van der Waals surface area contributed by atoms with Crippen LogP contribution >= 0.6 is 0 Å². The van der Waals surface area contributed by atoms with E-state index in [-0.39, 0.29) is 0 Å². The van der Waals surface area contributed by atoms with Gasteiger partial charge in [0.15, 0.2) is 0 Å². The van der Waals surface area contributed by atoms with Gasteiger partial charge in [0.1, 0.15) is 0 Å². The SMILES string of the molecule is CCN=C=NCCCCCCN=C=NCC. The fourth-order valence-corrected chi connectivity index (χ4v) is 1.08. The lowest BCUT2D eigenvalue weighted by Crippen LogP contribution is -1.85. The highest BCUT2D eigenvalue weighted by Gasteiger charge is 1.87. The van der Waals surface area contributed by atoms with Crippen LogP contribution in [0.3, 0.4) is 0 Å². The third kappa shape index (κ3) is 12.8. The van der Waals surface area contributed by atoms with Crippen LogP contribution in [0.2, 0.25) is 0 Å². The second-order valence-electron chi connectivity index (χ2n) is 3.33. The molecule has 0 aromatic rings. The van der Waals surface area contributed by atoms with E-state index in [1.165, 1.54) is 12.8 Å². The quantitative estimate of drug-likeness (QED) is 0.425. The predicted octanol–water partition coefficient (Wildman–Crippen LogP) is 2.93. The van der Waals surface area contributed by atoms with E-state index in [4.69, 9.17) is 0 Å². The highest BCUT2D eigenvalue weighted by Crippen LogP contribution is 1.99. The Balaban J connectivity index is 3.22. The fourth-order valence-electron chi connectivity index (χ4n) is 1.08. The molecule has 0 fully saturated rings. The van der Waals surface area contributed by atoms with Crippen LogP contribution in [0.4, 0.5) is 0 Å². The smallest absolute Gasteiger partial charge is 0.0892 e. The van der Waals surface area contributed by atoms with Crippen LogP contribution in [-0.2, 0) is 0 Å². The normalized spacial score (nSPS) is 8.88. The second kappa shape index (κ2) is 13.8. The zero-order chi connectivity index (χ0) is 11.9. The summed E-state index contributed by atoms with van der Waals surface area (Å²) in [6.07, 6.45) is 4.60. The van der Waals surface area contributed by atoms with Crippen molar-refractivity contribution in [3.8, 4) is 0 Å². The van der Waals surface area contributed by atoms with Gasteiger partial charge in [0.25, 0.3) is 0 Å². The molecule has 4 heteroatoms. The van der Waals surface area contributed by atoms with Crippen molar-refractivity contribution in [3.05, 3.63) is 0 Å². The van der Waals surface area contributed by atoms with E-state index in [0.717, 1.165) is 39.0 Å². The summed E-state index contributed by atoms with van der Waals surface area (Å²) in [5, 5.41) is 0. The Kier molecular flexibility index (Phi) is 12.7. The standard InChI is InChI=1S/C12H22N4/c1-3-13-11-15-9-7-5-6-8-10-16-12-14-4-2/h3-10H2,1-2H3. The maximum Gasteiger partial charge on any atom is 0.0892 e. The van der Waals surface area contributed by atoms with Crippen molar-refractivity contribution in [2.45, 2.75) is 39.5 Å². The third-order valence-corrected chi connectivity index (χ3v) is 1.89. The van der Waals surface area contributed by atoms with E-state index in [9.17, 15) is 0 Å². The Morgan fingerprint density at radius 3 is 1.44 bits per heavy atom. The highest BCUT2D eigenvalue weighted by molar-refractivity contribution is 5.41. The van der Waals surface area contributed by atoms with Crippen LogP contribution < -0.4 is 0 Å². The molecule has 0 N–H and O–H groups in total. The van der Waals surface area contributed by atoms with E-state index >= 15 is 0 Å². The van der Waals surface area contributed by atoms with Gasteiger partial charge >= 0.3 is 0 Å². The van der Waals surface area contributed by atoms with Gasteiger partial charge in [0.2, 0.25) is 0 Å². The van der Waals surface area contributed by atoms with E-state index in [0.29, 0.717) is 0 Å². The molecule has 0 atom stereocenters. The number of hydrogen-bond acceptors (Lipinski definition) is 4. The van der Waals surface area contributed by atoms with Crippen molar-refractivity contribution >= 4 is 12.0 Å². The number of aliphatic imine (C=N–C) groups is 4. The molecule has 0 saturated carbocycles.